The molecule has 7 heteroatoms. The summed E-state index contributed by atoms with van der Waals surface area (Å²) in [6, 6.07) is 67.6. The summed E-state index contributed by atoms with van der Waals surface area (Å²) < 4.78 is 6.78. The molecule has 0 amide bonds. The quantitative estimate of drug-likeness (QED) is 0.169. The third kappa shape index (κ3) is 5.29. The summed E-state index contributed by atoms with van der Waals surface area (Å²) in [6.45, 7) is 0. The van der Waals surface area contributed by atoms with Gasteiger partial charge in [-0.1, -0.05) is 133 Å². The molecule has 0 saturated carbocycles. The maximum absolute atomic E-state index is 5.08. The number of para-hydroxylation sites is 3. The molecule has 7 nitrogen and oxygen atoms in total. The minimum Gasteiger partial charge on any atom is -0.309 e. The van der Waals surface area contributed by atoms with Crippen LogP contribution in [0.5, 0.6) is 0 Å². The molecule has 0 atom stereocenters. The maximum Gasteiger partial charge on any atom is 0.164 e. The van der Waals surface area contributed by atoms with Gasteiger partial charge in [0, 0.05) is 55.0 Å². The van der Waals surface area contributed by atoms with Gasteiger partial charge in [-0.15, -0.1) is 0 Å². The van der Waals surface area contributed by atoms with Crippen molar-refractivity contribution in [1.82, 2.24) is 33.9 Å². The minimum atomic E-state index is 0.614. The third-order valence-corrected chi connectivity index (χ3v) is 11.4. The summed E-state index contributed by atoms with van der Waals surface area (Å²) in [5, 5.41) is 10.9. The molecule has 4 aromatic heterocycles. The largest absolute Gasteiger partial charge is 0.309 e. The second kappa shape index (κ2) is 13.2. The zero-order valence-corrected chi connectivity index (χ0v) is 31.7. The Morgan fingerprint density at radius 1 is 0.305 bits per heavy atom. The summed E-state index contributed by atoms with van der Waals surface area (Å²) in [4.78, 5) is 15.0. The van der Waals surface area contributed by atoms with E-state index >= 15 is 0 Å². The average Bonchev–Trinajstić information content (AvgIpc) is 4.00. The van der Waals surface area contributed by atoms with E-state index in [1.165, 1.54) is 21.7 Å². The first kappa shape index (κ1) is 33.0. The first-order chi connectivity index (χ1) is 29.3. The molecule has 8 aromatic carbocycles. The highest BCUT2D eigenvalue weighted by atomic mass is 15.3. The van der Waals surface area contributed by atoms with Crippen LogP contribution in [0.25, 0.3) is 106 Å². The second-order valence-corrected chi connectivity index (χ2v) is 14.8. The summed E-state index contributed by atoms with van der Waals surface area (Å²) in [6.07, 6.45) is 2.02. The Morgan fingerprint density at radius 3 is 1.53 bits per heavy atom. The van der Waals surface area contributed by atoms with E-state index in [-0.39, 0.29) is 0 Å². The lowest BCUT2D eigenvalue weighted by atomic mass is 10.1. The van der Waals surface area contributed by atoms with Gasteiger partial charge in [-0.2, -0.15) is 5.10 Å². The van der Waals surface area contributed by atoms with E-state index in [1.807, 2.05) is 66.9 Å². The number of fused-ring (bicyclic) bond motifs is 8. The number of aromatic nitrogens is 7. The van der Waals surface area contributed by atoms with Crippen molar-refractivity contribution in [2.24, 2.45) is 0 Å². The molecule has 12 rings (SSSR count). The molecule has 0 fully saturated rings. The van der Waals surface area contributed by atoms with Crippen molar-refractivity contribution in [1.29, 1.82) is 0 Å². The Kier molecular flexibility index (Phi) is 7.40. The highest BCUT2D eigenvalue weighted by Crippen LogP contribution is 2.39. The van der Waals surface area contributed by atoms with Crippen LogP contribution in [0.2, 0.25) is 0 Å². The first-order valence-electron chi connectivity index (χ1n) is 19.7. The van der Waals surface area contributed by atoms with E-state index in [0.717, 1.165) is 66.6 Å². The zero-order chi connectivity index (χ0) is 38.9. The lowest BCUT2D eigenvalue weighted by Crippen LogP contribution is -2.01. The van der Waals surface area contributed by atoms with Crippen molar-refractivity contribution in [3.63, 3.8) is 0 Å². The van der Waals surface area contributed by atoms with E-state index in [0.29, 0.717) is 17.5 Å². The molecule has 0 spiro atoms. The fourth-order valence-corrected chi connectivity index (χ4v) is 8.70. The van der Waals surface area contributed by atoms with Crippen LogP contribution >= 0.6 is 0 Å². The number of rotatable bonds is 6. The summed E-state index contributed by atoms with van der Waals surface area (Å²) >= 11 is 0. The molecule has 12 aromatic rings. The Hall–Kier alpha value is -8.16. The molecule has 0 unspecified atom stereocenters. The van der Waals surface area contributed by atoms with Gasteiger partial charge in [-0.05, 0) is 60.7 Å². The van der Waals surface area contributed by atoms with E-state index in [1.54, 1.807) is 0 Å². The minimum absolute atomic E-state index is 0.614. The average molecular weight is 756 g/mol. The van der Waals surface area contributed by atoms with Crippen LogP contribution in [0.4, 0.5) is 0 Å². The van der Waals surface area contributed by atoms with Crippen LogP contribution in [-0.2, 0) is 0 Å². The smallest absolute Gasteiger partial charge is 0.164 e. The van der Waals surface area contributed by atoms with E-state index in [2.05, 4.69) is 147 Å². The number of nitrogens with zero attached hydrogens (tertiary/aromatic N) is 7. The van der Waals surface area contributed by atoms with Crippen LogP contribution < -0.4 is 0 Å². The topological polar surface area (TPSA) is 66.3 Å². The molecular formula is C52H33N7. The van der Waals surface area contributed by atoms with Crippen LogP contribution in [0, 0.1) is 0 Å². The van der Waals surface area contributed by atoms with Crippen molar-refractivity contribution in [2.45, 2.75) is 0 Å². The van der Waals surface area contributed by atoms with Gasteiger partial charge in [-0.25, -0.2) is 19.6 Å². The molecular weight excluding hydrogens is 723 g/mol. The van der Waals surface area contributed by atoms with E-state index < -0.39 is 0 Å². The molecule has 0 N–H and O–H groups in total. The predicted octanol–water partition coefficient (Wildman–Crippen LogP) is 12.4. The van der Waals surface area contributed by atoms with E-state index in [9.17, 15) is 0 Å². The number of hydrogen-bond acceptors (Lipinski definition) is 4. The monoisotopic (exact) mass is 755 g/mol. The molecule has 0 aliphatic carbocycles. The van der Waals surface area contributed by atoms with Crippen molar-refractivity contribution >= 4 is 54.5 Å². The van der Waals surface area contributed by atoms with Crippen molar-refractivity contribution in [3.05, 3.63) is 200 Å². The van der Waals surface area contributed by atoms with Gasteiger partial charge in [0.1, 0.15) is 0 Å². The maximum atomic E-state index is 5.08. The molecule has 0 saturated heterocycles. The van der Waals surface area contributed by atoms with Crippen molar-refractivity contribution in [3.8, 4) is 51.2 Å². The van der Waals surface area contributed by atoms with Crippen molar-refractivity contribution in [2.75, 3.05) is 0 Å². The molecule has 4 heterocycles. The Balaban J connectivity index is 1.04. The first-order valence-corrected chi connectivity index (χ1v) is 19.7. The van der Waals surface area contributed by atoms with Gasteiger partial charge >= 0.3 is 0 Å². The van der Waals surface area contributed by atoms with Crippen molar-refractivity contribution < 1.29 is 0 Å². The van der Waals surface area contributed by atoms with Crippen LogP contribution in [0.3, 0.4) is 0 Å². The van der Waals surface area contributed by atoms with Crippen LogP contribution in [-0.4, -0.2) is 33.9 Å². The highest BCUT2D eigenvalue weighted by Gasteiger charge is 2.20. The molecule has 0 bridgehead atoms. The number of benzene rings is 8. The van der Waals surface area contributed by atoms with Gasteiger partial charge in [0.05, 0.1) is 39.5 Å². The second-order valence-electron chi connectivity index (χ2n) is 14.8. The lowest BCUT2D eigenvalue weighted by Gasteiger charge is -2.12. The standard InChI is InChI=1S/C52H33N7/c1-4-15-34(16-5-1)50-54-51(35-17-6-2-7-18-35)56-52(55-50)36-19-14-22-38(31-36)57-45-25-12-10-23-40(45)42-28-27-39(32-48(42)57)59-47-30-29-43-41-24-11-13-26-46(41)58(37-20-8-3-9-21-37)49(43)44(47)33-53-59/h1-33H. The lowest BCUT2D eigenvalue weighted by molar-refractivity contribution is 0.911. The van der Waals surface area contributed by atoms with Gasteiger partial charge < -0.3 is 9.13 Å². The predicted molar refractivity (Wildman–Crippen MR) is 239 cm³/mol. The molecule has 59 heavy (non-hydrogen) atoms. The molecule has 0 aliphatic rings. The normalized spacial score (nSPS) is 11.7. The summed E-state index contributed by atoms with van der Waals surface area (Å²) in [7, 11) is 0. The van der Waals surface area contributed by atoms with Gasteiger partial charge in [0.25, 0.3) is 0 Å². The van der Waals surface area contributed by atoms with Crippen LogP contribution in [0.15, 0.2) is 200 Å². The zero-order valence-electron chi connectivity index (χ0n) is 31.7. The Bertz CT molecular complexity index is 3490. The molecule has 0 aliphatic heterocycles. The van der Waals surface area contributed by atoms with E-state index in [4.69, 9.17) is 20.1 Å². The fourth-order valence-electron chi connectivity index (χ4n) is 8.70. The molecule has 0 radical (unpaired) electrons. The van der Waals surface area contributed by atoms with Gasteiger partial charge in [0.2, 0.25) is 0 Å². The fraction of sp³-hybridized carbons (Fsp3) is 0. The van der Waals surface area contributed by atoms with Gasteiger partial charge in [-0.3, -0.25) is 0 Å². The highest BCUT2D eigenvalue weighted by molar-refractivity contribution is 6.18. The summed E-state index contributed by atoms with van der Waals surface area (Å²) in [5.74, 6) is 1.88. The Morgan fingerprint density at radius 2 is 0.831 bits per heavy atom. The van der Waals surface area contributed by atoms with Crippen LogP contribution in [0.1, 0.15) is 0 Å². The van der Waals surface area contributed by atoms with Gasteiger partial charge in [0.15, 0.2) is 17.5 Å². The number of hydrogen-bond donors (Lipinski definition) is 0. The third-order valence-electron chi connectivity index (χ3n) is 11.4. The molecule has 276 valence electrons. The summed E-state index contributed by atoms with van der Waals surface area (Å²) in [5.41, 5.74) is 11.4. The Labute approximate surface area is 338 Å². The SMILES string of the molecule is c1ccc(-c2nc(-c3ccccc3)nc(-c3cccc(-n4c5ccccc5c5ccc(-n6ncc7c6ccc6c8ccccc8n(-c8ccccc8)c67)cc54)c3)n2)cc1.